The van der Waals surface area contributed by atoms with Gasteiger partial charge in [-0.25, -0.2) is 0 Å². The Labute approximate surface area is 131 Å². The molecular formula is C16H24ClN3O. The Morgan fingerprint density at radius 3 is 2.81 bits per heavy atom. The number of hydrogen-bond acceptors (Lipinski definition) is 3. The van der Waals surface area contributed by atoms with Crippen molar-refractivity contribution in [2.24, 2.45) is 11.1 Å². The molecule has 116 valence electrons. The fourth-order valence-corrected chi connectivity index (χ4v) is 3.04. The molecule has 0 aromatic heterocycles. The lowest BCUT2D eigenvalue weighted by atomic mass is 9.89. The van der Waals surface area contributed by atoms with Crippen LogP contribution >= 0.6 is 11.6 Å². The maximum absolute atomic E-state index is 11.6. The third-order valence-corrected chi connectivity index (χ3v) is 4.46. The van der Waals surface area contributed by atoms with Crippen LogP contribution in [0.2, 0.25) is 5.02 Å². The quantitative estimate of drug-likeness (QED) is 0.879. The molecule has 5 heteroatoms. The average molecular weight is 310 g/mol. The van der Waals surface area contributed by atoms with Crippen LogP contribution in [-0.2, 0) is 11.3 Å². The van der Waals surface area contributed by atoms with E-state index >= 15 is 0 Å². The van der Waals surface area contributed by atoms with Crippen molar-refractivity contribution in [2.45, 2.75) is 39.8 Å². The number of carbonyl (C=O) groups excluding carboxylic acids is 1. The highest BCUT2D eigenvalue weighted by molar-refractivity contribution is 6.33. The first kappa shape index (κ1) is 16.1. The summed E-state index contributed by atoms with van der Waals surface area (Å²) in [7, 11) is 0. The number of amides is 1. The van der Waals surface area contributed by atoms with Crippen molar-refractivity contribution >= 4 is 23.2 Å². The van der Waals surface area contributed by atoms with Gasteiger partial charge < -0.3 is 16.0 Å². The predicted molar refractivity (Wildman–Crippen MR) is 87.6 cm³/mol. The highest BCUT2D eigenvalue weighted by Gasteiger charge is 2.39. The van der Waals surface area contributed by atoms with Crippen LogP contribution in [0.1, 0.15) is 32.8 Å². The van der Waals surface area contributed by atoms with Gasteiger partial charge in [-0.3, -0.25) is 4.79 Å². The highest BCUT2D eigenvalue weighted by Crippen LogP contribution is 2.38. The lowest BCUT2D eigenvalue weighted by Gasteiger charge is -2.26. The van der Waals surface area contributed by atoms with Gasteiger partial charge in [0.1, 0.15) is 0 Å². The number of anilines is 1. The van der Waals surface area contributed by atoms with E-state index in [4.69, 9.17) is 17.3 Å². The average Bonchev–Trinajstić information content (AvgIpc) is 2.80. The minimum absolute atomic E-state index is 0.237. The fraction of sp³-hybridized carbons (Fsp3) is 0.562. The van der Waals surface area contributed by atoms with Gasteiger partial charge in [0.15, 0.2) is 0 Å². The second-order valence-electron chi connectivity index (χ2n) is 6.38. The Morgan fingerprint density at radius 1 is 1.52 bits per heavy atom. The summed E-state index contributed by atoms with van der Waals surface area (Å²) in [5.74, 6) is -0.237. The Hall–Kier alpha value is -1.26. The van der Waals surface area contributed by atoms with E-state index in [1.54, 1.807) is 0 Å². The van der Waals surface area contributed by atoms with Crippen molar-refractivity contribution in [1.82, 2.24) is 5.32 Å². The summed E-state index contributed by atoms with van der Waals surface area (Å²) in [4.78, 5) is 13.8. The summed E-state index contributed by atoms with van der Waals surface area (Å²) >= 11 is 6.41. The number of nitrogens with two attached hydrogens (primary N) is 1. The molecule has 1 aliphatic rings. The maximum Gasteiger partial charge on any atom is 0.225 e. The molecule has 1 atom stereocenters. The van der Waals surface area contributed by atoms with Crippen LogP contribution in [0.25, 0.3) is 0 Å². The van der Waals surface area contributed by atoms with Crippen molar-refractivity contribution in [3.8, 4) is 0 Å². The molecule has 1 amide bonds. The number of benzene rings is 1. The number of hydrogen-bond donors (Lipinski definition) is 2. The van der Waals surface area contributed by atoms with Crippen LogP contribution in [0.5, 0.6) is 0 Å². The van der Waals surface area contributed by atoms with Gasteiger partial charge in [0.2, 0.25) is 5.91 Å². The predicted octanol–water partition coefficient (Wildman–Crippen LogP) is 2.54. The third-order valence-electron chi connectivity index (χ3n) is 4.16. The number of nitrogens with zero attached hydrogens (tertiary/aromatic N) is 1. The number of halogens is 1. The minimum atomic E-state index is -0.470. The monoisotopic (exact) mass is 309 g/mol. The lowest BCUT2D eigenvalue weighted by molar-refractivity contribution is -0.125. The third kappa shape index (κ3) is 3.50. The first-order valence-electron chi connectivity index (χ1n) is 7.39. The minimum Gasteiger partial charge on any atom is -0.369 e. The Morgan fingerprint density at radius 2 is 2.24 bits per heavy atom. The van der Waals surface area contributed by atoms with E-state index in [1.165, 1.54) is 0 Å². The largest absolute Gasteiger partial charge is 0.369 e. The normalized spacial score (nSPS) is 22.0. The lowest BCUT2D eigenvalue weighted by Crippen LogP contribution is -2.37. The fourth-order valence-electron chi connectivity index (χ4n) is 2.72. The van der Waals surface area contributed by atoms with Gasteiger partial charge in [0.05, 0.1) is 16.1 Å². The van der Waals surface area contributed by atoms with E-state index in [2.05, 4.69) is 30.1 Å². The van der Waals surface area contributed by atoms with Gasteiger partial charge >= 0.3 is 0 Å². The topological polar surface area (TPSA) is 58.4 Å². The van der Waals surface area contributed by atoms with Gasteiger partial charge in [-0.15, -0.1) is 0 Å². The van der Waals surface area contributed by atoms with Crippen LogP contribution < -0.4 is 16.0 Å². The summed E-state index contributed by atoms with van der Waals surface area (Å²) in [6.07, 6.45) is 0.768. The Kier molecular flexibility index (Phi) is 4.79. The van der Waals surface area contributed by atoms with Gasteiger partial charge in [-0.2, -0.15) is 0 Å². The second kappa shape index (κ2) is 6.24. The molecule has 1 unspecified atom stereocenters. The standard InChI is InChI=1S/C16H24ClN3O/c1-11(2)19-9-12-5-4-6-13(17)14(12)20-8-7-16(3,10-20)15(18)21/h4-6,11,19H,7-10H2,1-3H3,(H2,18,21). The molecule has 4 nitrogen and oxygen atoms in total. The van der Waals surface area contributed by atoms with Crippen molar-refractivity contribution < 1.29 is 4.79 Å². The van der Waals surface area contributed by atoms with Gasteiger partial charge in [-0.1, -0.05) is 37.6 Å². The van der Waals surface area contributed by atoms with E-state index in [-0.39, 0.29) is 5.91 Å². The van der Waals surface area contributed by atoms with Crippen LogP contribution in [-0.4, -0.2) is 25.0 Å². The molecule has 0 saturated carbocycles. The Bertz CT molecular complexity index is 532. The molecule has 21 heavy (non-hydrogen) atoms. The first-order valence-corrected chi connectivity index (χ1v) is 7.77. The molecule has 0 spiro atoms. The smallest absolute Gasteiger partial charge is 0.225 e. The number of primary amides is 1. The number of rotatable bonds is 5. The zero-order valence-corrected chi connectivity index (χ0v) is 13.7. The second-order valence-corrected chi connectivity index (χ2v) is 6.79. The molecular weight excluding hydrogens is 286 g/mol. The van der Waals surface area contributed by atoms with Gasteiger partial charge in [0.25, 0.3) is 0 Å². The van der Waals surface area contributed by atoms with Crippen LogP contribution in [0.4, 0.5) is 5.69 Å². The zero-order chi connectivity index (χ0) is 15.6. The number of para-hydroxylation sites is 1. The summed E-state index contributed by atoms with van der Waals surface area (Å²) in [6.45, 7) is 8.35. The van der Waals surface area contributed by atoms with E-state index in [0.29, 0.717) is 12.6 Å². The summed E-state index contributed by atoms with van der Waals surface area (Å²) in [6, 6.07) is 6.35. The van der Waals surface area contributed by atoms with Crippen LogP contribution in [0, 0.1) is 5.41 Å². The van der Waals surface area contributed by atoms with Crippen molar-refractivity contribution in [2.75, 3.05) is 18.0 Å². The molecule has 0 aliphatic carbocycles. The van der Waals surface area contributed by atoms with Crippen molar-refractivity contribution in [3.63, 3.8) is 0 Å². The molecule has 0 radical (unpaired) electrons. The molecule has 1 saturated heterocycles. The SMILES string of the molecule is CC(C)NCc1cccc(Cl)c1N1CCC(C)(C(N)=O)C1. The molecule has 2 rings (SSSR count). The molecule has 1 fully saturated rings. The van der Waals surface area contributed by atoms with Crippen molar-refractivity contribution in [3.05, 3.63) is 28.8 Å². The van der Waals surface area contributed by atoms with Crippen LogP contribution in [0.15, 0.2) is 18.2 Å². The van der Waals surface area contributed by atoms with E-state index < -0.39 is 5.41 Å². The molecule has 1 aliphatic heterocycles. The molecule has 3 N–H and O–H groups in total. The summed E-state index contributed by atoms with van der Waals surface area (Å²) in [5.41, 5.74) is 7.25. The van der Waals surface area contributed by atoms with Crippen molar-refractivity contribution in [1.29, 1.82) is 0 Å². The molecule has 1 aromatic rings. The number of carbonyl (C=O) groups is 1. The van der Waals surface area contributed by atoms with E-state index in [1.807, 2.05) is 19.1 Å². The van der Waals surface area contributed by atoms with Gasteiger partial charge in [0, 0.05) is 25.7 Å². The van der Waals surface area contributed by atoms with E-state index in [0.717, 1.165) is 35.8 Å². The first-order chi connectivity index (χ1) is 9.83. The maximum atomic E-state index is 11.6. The summed E-state index contributed by atoms with van der Waals surface area (Å²) < 4.78 is 0. The molecule has 1 aromatic carbocycles. The zero-order valence-electron chi connectivity index (χ0n) is 12.9. The Balaban J connectivity index is 2.25. The number of nitrogens with one attached hydrogen (secondary N) is 1. The molecule has 1 heterocycles. The summed E-state index contributed by atoms with van der Waals surface area (Å²) in [5, 5.41) is 4.15. The molecule has 0 bridgehead atoms. The van der Waals surface area contributed by atoms with Gasteiger partial charge in [-0.05, 0) is 25.0 Å². The highest BCUT2D eigenvalue weighted by atomic mass is 35.5. The van der Waals surface area contributed by atoms with Crippen LogP contribution in [0.3, 0.4) is 0 Å². The van der Waals surface area contributed by atoms with E-state index in [9.17, 15) is 4.79 Å².